The first-order valence-electron chi connectivity index (χ1n) is 4.75. The fourth-order valence-electron chi connectivity index (χ4n) is 1.44. The second-order valence-electron chi connectivity index (χ2n) is 3.75. The Morgan fingerprint density at radius 2 is 2.13 bits per heavy atom. The number of hydrogen-bond donors (Lipinski definition) is 1. The molecule has 0 atom stereocenters. The normalized spacial score (nSPS) is 11.1. The van der Waals surface area contributed by atoms with Crippen molar-refractivity contribution in [3.63, 3.8) is 0 Å². The summed E-state index contributed by atoms with van der Waals surface area (Å²) in [5.74, 6) is 0.393. The molecule has 1 heterocycles. The topological polar surface area (TPSA) is 78.7 Å². The fraction of sp³-hybridized carbons (Fsp3) is 0.300. The van der Waals surface area contributed by atoms with E-state index in [0.717, 1.165) is 5.56 Å². The van der Waals surface area contributed by atoms with E-state index in [-0.39, 0.29) is 5.95 Å². The summed E-state index contributed by atoms with van der Waals surface area (Å²) < 4.78 is 0. The molecule has 1 aromatic heterocycles. The van der Waals surface area contributed by atoms with Crippen LogP contribution in [0.15, 0.2) is 18.2 Å². The van der Waals surface area contributed by atoms with E-state index in [1.807, 2.05) is 12.1 Å². The highest BCUT2D eigenvalue weighted by Gasteiger charge is 2.10. The standard InChI is InChI=1S/C10H12N4O/c1-6(2)7-3-4-9-8(5-7)12-10(11)13-14(9)15/h3-6H,1-2H3,(H2,11,12,13). The van der Waals surface area contributed by atoms with Gasteiger partial charge in [-0.1, -0.05) is 19.9 Å². The van der Waals surface area contributed by atoms with Crippen LogP contribution in [-0.4, -0.2) is 10.1 Å². The van der Waals surface area contributed by atoms with E-state index in [1.165, 1.54) is 0 Å². The Morgan fingerprint density at radius 3 is 2.80 bits per heavy atom. The van der Waals surface area contributed by atoms with Gasteiger partial charge < -0.3 is 10.9 Å². The quantitative estimate of drug-likeness (QED) is 0.554. The first-order valence-corrected chi connectivity index (χ1v) is 4.75. The molecule has 0 amide bonds. The summed E-state index contributed by atoms with van der Waals surface area (Å²) in [6.45, 7) is 4.16. The number of fused-ring (bicyclic) bond motifs is 1. The minimum absolute atomic E-state index is 0.00148. The van der Waals surface area contributed by atoms with E-state index in [1.54, 1.807) is 6.07 Å². The lowest BCUT2D eigenvalue weighted by Gasteiger charge is -2.05. The molecular weight excluding hydrogens is 192 g/mol. The Morgan fingerprint density at radius 1 is 1.40 bits per heavy atom. The zero-order valence-corrected chi connectivity index (χ0v) is 8.64. The molecule has 2 rings (SSSR count). The van der Waals surface area contributed by atoms with Crippen LogP contribution in [0.5, 0.6) is 0 Å². The minimum Gasteiger partial charge on any atom is -0.594 e. The first-order chi connectivity index (χ1) is 7.08. The zero-order valence-electron chi connectivity index (χ0n) is 8.64. The lowest BCUT2D eigenvalue weighted by molar-refractivity contribution is -0.641. The molecule has 0 saturated carbocycles. The zero-order chi connectivity index (χ0) is 11.0. The molecule has 0 radical (unpaired) electrons. The van der Waals surface area contributed by atoms with Gasteiger partial charge >= 0.3 is 0 Å². The lowest BCUT2D eigenvalue weighted by Crippen LogP contribution is -2.33. The van der Waals surface area contributed by atoms with Gasteiger partial charge in [-0.15, -0.1) is 0 Å². The largest absolute Gasteiger partial charge is 0.594 e. The van der Waals surface area contributed by atoms with Crippen LogP contribution < -0.4 is 10.6 Å². The molecule has 5 nitrogen and oxygen atoms in total. The van der Waals surface area contributed by atoms with Crippen LogP contribution in [0.1, 0.15) is 25.3 Å². The third-order valence-electron chi connectivity index (χ3n) is 2.30. The van der Waals surface area contributed by atoms with Crippen LogP contribution in [-0.2, 0) is 0 Å². The number of benzene rings is 1. The number of anilines is 1. The monoisotopic (exact) mass is 204 g/mol. The van der Waals surface area contributed by atoms with E-state index in [4.69, 9.17) is 5.73 Å². The maximum atomic E-state index is 11.4. The molecule has 78 valence electrons. The number of hydrogen-bond acceptors (Lipinski definition) is 4. The van der Waals surface area contributed by atoms with Crippen LogP contribution in [0, 0.1) is 5.21 Å². The molecule has 0 fully saturated rings. The number of nitrogens with two attached hydrogens (primary N) is 1. The second kappa shape index (κ2) is 3.34. The third kappa shape index (κ3) is 1.68. The van der Waals surface area contributed by atoms with Gasteiger partial charge in [-0.3, -0.25) is 0 Å². The summed E-state index contributed by atoms with van der Waals surface area (Å²) in [6.07, 6.45) is 0. The summed E-state index contributed by atoms with van der Waals surface area (Å²) >= 11 is 0. The third-order valence-corrected chi connectivity index (χ3v) is 2.30. The van der Waals surface area contributed by atoms with Gasteiger partial charge in [0.05, 0.1) is 5.10 Å². The number of nitrogens with zero attached hydrogens (tertiary/aromatic N) is 3. The molecule has 0 bridgehead atoms. The van der Waals surface area contributed by atoms with E-state index >= 15 is 0 Å². The van der Waals surface area contributed by atoms with Crippen molar-refractivity contribution in [1.82, 2.24) is 10.1 Å². The highest BCUT2D eigenvalue weighted by atomic mass is 16.5. The molecule has 0 aliphatic rings. The lowest BCUT2D eigenvalue weighted by atomic mass is 10.0. The van der Waals surface area contributed by atoms with Crippen molar-refractivity contribution in [1.29, 1.82) is 0 Å². The first kappa shape index (κ1) is 9.64. The molecule has 5 heteroatoms. The van der Waals surface area contributed by atoms with E-state index in [9.17, 15) is 5.21 Å². The fourth-order valence-corrected chi connectivity index (χ4v) is 1.44. The average molecular weight is 204 g/mol. The molecule has 1 aromatic carbocycles. The Balaban J connectivity index is 2.71. The van der Waals surface area contributed by atoms with Gasteiger partial charge in [0.1, 0.15) is 5.52 Å². The van der Waals surface area contributed by atoms with Crippen molar-refractivity contribution < 1.29 is 4.85 Å². The summed E-state index contributed by atoms with van der Waals surface area (Å²) in [7, 11) is 0. The number of rotatable bonds is 1. The minimum atomic E-state index is -0.00148. The van der Waals surface area contributed by atoms with E-state index in [2.05, 4.69) is 23.9 Å². The molecule has 2 aromatic rings. The van der Waals surface area contributed by atoms with Crippen molar-refractivity contribution in [3.05, 3.63) is 29.0 Å². The van der Waals surface area contributed by atoms with Crippen molar-refractivity contribution in [2.45, 2.75) is 19.8 Å². The van der Waals surface area contributed by atoms with Gasteiger partial charge in [0.2, 0.25) is 0 Å². The van der Waals surface area contributed by atoms with Gasteiger partial charge in [-0.05, 0) is 22.4 Å². The van der Waals surface area contributed by atoms with Crippen LogP contribution >= 0.6 is 0 Å². The van der Waals surface area contributed by atoms with Crippen LogP contribution in [0.25, 0.3) is 11.0 Å². The van der Waals surface area contributed by atoms with Gasteiger partial charge in [-0.25, -0.2) is 4.98 Å². The highest BCUT2D eigenvalue weighted by Crippen LogP contribution is 2.17. The average Bonchev–Trinajstić information content (AvgIpc) is 2.16. The second-order valence-corrected chi connectivity index (χ2v) is 3.75. The van der Waals surface area contributed by atoms with Crippen molar-refractivity contribution >= 4 is 17.0 Å². The predicted octanol–water partition coefficient (Wildman–Crippen LogP) is 0.969. The van der Waals surface area contributed by atoms with Crippen molar-refractivity contribution in [2.75, 3.05) is 5.73 Å². The summed E-state index contributed by atoms with van der Waals surface area (Å²) in [5, 5.41) is 14.9. The number of nitrogen functional groups attached to an aromatic ring is 1. The molecule has 2 N–H and O–H groups in total. The van der Waals surface area contributed by atoms with Gasteiger partial charge in [-0.2, -0.15) is 0 Å². The molecule has 0 spiro atoms. The van der Waals surface area contributed by atoms with Gasteiger partial charge in [0, 0.05) is 6.07 Å². The Bertz CT molecular complexity index is 510. The summed E-state index contributed by atoms with van der Waals surface area (Å²) in [4.78, 5) is 4.53. The molecule has 0 unspecified atom stereocenters. The maximum Gasteiger partial charge on any atom is 0.288 e. The van der Waals surface area contributed by atoms with Crippen molar-refractivity contribution in [3.8, 4) is 0 Å². The van der Waals surface area contributed by atoms with Crippen LogP contribution in [0.3, 0.4) is 0 Å². The maximum absolute atomic E-state index is 11.4. The van der Waals surface area contributed by atoms with Crippen molar-refractivity contribution in [2.24, 2.45) is 0 Å². The van der Waals surface area contributed by atoms with E-state index in [0.29, 0.717) is 21.8 Å². The molecule has 15 heavy (non-hydrogen) atoms. The summed E-state index contributed by atoms with van der Waals surface area (Å²) in [5.41, 5.74) is 7.56. The van der Waals surface area contributed by atoms with Gasteiger partial charge in [0.25, 0.3) is 11.5 Å². The predicted molar refractivity (Wildman–Crippen MR) is 57.0 cm³/mol. The van der Waals surface area contributed by atoms with Gasteiger partial charge in [0.15, 0.2) is 0 Å². The molecule has 0 aliphatic carbocycles. The Kier molecular flexibility index (Phi) is 2.15. The highest BCUT2D eigenvalue weighted by molar-refractivity contribution is 5.72. The molecular formula is C10H12N4O. The Hall–Kier alpha value is -1.91. The smallest absolute Gasteiger partial charge is 0.288 e. The van der Waals surface area contributed by atoms with Crippen LogP contribution in [0.2, 0.25) is 0 Å². The molecule has 0 saturated heterocycles. The summed E-state index contributed by atoms with van der Waals surface area (Å²) in [6, 6.07) is 5.49. The van der Waals surface area contributed by atoms with Crippen LogP contribution in [0.4, 0.5) is 5.95 Å². The number of aromatic nitrogens is 3. The SMILES string of the molecule is CC(C)c1ccc2c(c1)nc(N)n[n+]2[O-]. The molecule has 0 aliphatic heterocycles. The Labute approximate surface area is 87.1 Å². The van der Waals surface area contributed by atoms with E-state index < -0.39 is 0 Å².